The monoisotopic (exact) mass is 184 g/mol. The standard InChI is InChI=1S/C9H16N2O2/c1-7-6-11(3)8(12)4-5-10(2)9(7)13/h7H,4-6H2,1-3H3. The molecule has 0 bridgehead atoms. The summed E-state index contributed by atoms with van der Waals surface area (Å²) >= 11 is 0. The molecule has 4 heteroatoms. The van der Waals surface area contributed by atoms with Crippen LogP contribution < -0.4 is 0 Å². The van der Waals surface area contributed by atoms with Gasteiger partial charge in [0.15, 0.2) is 0 Å². The first-order valence-corrected chi connectivity index (χ1v) is 4.51. The molecule has 0 saturated carbocycles. The van der Waals surface area contributed by atoms with Crippen molar-refractivity contribution in [1.82, 2.24) is 9.80 Å². The predicted molar refractivity (Wildman–Crippen MR) is 49.1 cm³/mol. The van der Waals surface area contributed by atoms with Crippen molar-refractivity contribution in [2.75, 3.05) is 27.2 Å². The minimum Gasteiger partial charge on any atom is -0.345 e. The van der Waals surface area contributed by atoms with Gasteiger partial charge in [0.1, 0.15) is 0 Å². The first kappa shape index (κ1) is 10.0. The predicted octanol–water partition coefficient (Wildman–Crippen LogP) is -0.0570. The van der Waals surface area contributed by atoms with Gasteiger partial charge in [-0.2, -0.15) is 0 Å². The van der Waals surface area contributed by atoms with E-state index in [2.05, 4.69) is 0 Å². The zero-order valence-electron chi connectivity index (χ0n) is 8.41. The van der Waals surface area contributed by atoms with Crippen molar-refractivity contribution in [3.8, 4) is 0 Å². The Morgan fingerprint density at radius 1 is 1.23 bits per heavy atom. The highest BCUT2D eigenvalue weighted by atomic mass is 16.2. The van der Waals surface area contributed by atoms with Gasteiger partial charge in [0.2, 0.25) is 11.8 Å². The third kappa shape index (κ3) is 2.20. The largest absolute Gasteiger partial charge is 0.345 e. The van der Waals surface area contributed by atoms with E-state index in [4.69, 9.17) is 0 Å². The van der Waals surface area contributed by atoms with Crippen LogP contribution >= 0.6 is 0 Å². The van der Waals surface area contributed by atoms with E-state index in [-0.39, 0.29) is 17.7 Å². The minimum absolute atomic E-state index is 0.0840. The van der Waals surface area contributed by atoms with E-state index in [9.17, 15) is 9.59 Å². The Kier molecular flexibility index (Phi) is 2.90. The molecule has 0 aromatic heterocycles. The minimum atomic E-state index is -0.0840. The summed E-state index contributed by atoms with van der Waals surface area (Å²) in [4.78, 5) is 26.2. The Morgan fingerprint density at radius 3 is 2.46 bits per heavy atom. The van der Waals surface area contributed by atoms with Gasteiger partial charge < -0.3 is 9.80 Å². The summed E-state index contributed by atoms with van der Waals surface area (Å²) < 4.78 is 0. The van der Waals surface area contributed by atoms with Gasteiger partial charge >= 0.3 is 0 Å². The number of nitrogens with zero attached hydrogens (tertiary/aromatic N) is 2. The Hall–Kier alpha value is -1.06. The van der Waals surface area contributed by atoms with Gasteiger partial charge in [0, 0.05) is 33.6 Å². The summed E-state index contributed by atoms with van der Waals surface area (Å²) in [6.07, 6.45) is 0.436. The van der Waals surface area contributed by atoms with Crippen molar-refractivity contribution in [2.45, 2.75) is 13.3 Å². The fourth-order valence-corrected chi connectivity index (χ4v) is 1.53. The lowest BCUT2D eigenvalue weighted by molar-refractivity contribution is -0.140. The molecular formula is C9H16N2O2. The van der Waals surface area contributed by atoms with Crippen LogP contribution in [0.15, 0.2) is 0 Å². The smallest absolute Gasteiger partial charge is 0.226 e. The molecule has 0 aromatic rings. The maximum absolute atomic E-state index is 11.5. The van der Waals surface area contributed by atoms with E-state index in [1.54, 1.807) is 23.9 Å². The highest BCUT2D eigenvalue weighted by Crippen LogP contribution is 2.08. The average Bonchev–Trinajstić information content (AvgIpc) is 2.10. The van der Waals surface area contributed by atoms with Gasteiger partial charge in [-0.3, -0.25) is 9.59 Å². The molecule has 1 unspecified atom stereocenters. The zero-order chi connectivity index (χ0) is 10.0. The number of carbonyl (C=O) groups is 2. The van der Waals surface area contributed by atoms with Crippen LogP contribution in [0.4, 0.5) is 0 Å². The summed E-state index contributed by atoms with van der Waals surface area (Å²) in [5.41, 5.74) is 0. The maximum Gasteiger partial charge on any atom is 0.226 e. The summed E-state index contributed by atoms with van der Waals surface area (Å²) in [6.45, 7) is 2.92. The first-order valence-electron chi connectivity index (χ1n) is 4.51. The van der Waals surface area contributed by atoms with Crippen molar-refractivity contribution in [2.24, 2.45) is 5.92 Å². The van der Waals surface area contributed by atoms with Crippen LogP contribution in [0.3, 0.4) is 0 Å². The SMILES string of the molecule is CC1CN(C)C(=O)CCN(C)C1=O. The molecule has 0 spiro atoms. The first-order chi connectivity index (χ1) is 6.02. The number of carbonyl (C=O) groups excluding carboxylic acids is 2. The maximum atomic E-state index is 11.5. The van der Waals surface area contributed by atoms with Crippen LogP contribution in [-0.4, -0.2) is 48.8 Å². The second-order valence-electron chi connectivity index (χ2n) is 3.69. The lowest BCUT2D eigenvalue weighted by atomic mass is 10.1. The molecule has 2 amide bonds. The van der Waals surface area contributed by atoms with Crippen molar-refractivity contribution in [3.63, 3.8) is 0 Å². The molecule has 0 N–H and O–H groups in total. The molecular weight excluding hydrogens is 168 g/mol. The summed E-state index contributed by atoms with van der Waals surface area (Å²) in [6, 6.07) is 0. The summed E-state index contributed by atoms with van der Waals surface area (Å²) in [7, 11) is 3.49. The Labute approximate surface area is 78.5 Å². The topological polar surface area (TPSA) is 40.6 Å². The van der Waals surface area contributed by atoms with E-state index in [1.165, 1.54) is 0 Å². The zero-order valence-corrected chi connectivity index (χ0v) is 8.41. The van der Waals surface area contributed by atoms with Crippen molar-refractivity contribution in [1.29, 1.82) is 0 Å². The normalized spacial score (nSPS) is 25.9. The van der Waals surface area contributed by atoms with Gasteiger partial charge in [-0.25, -0.2) is 0 Å². The molecule has 4 nitrogen and oxygen atoms in total. The van der Waals surface area contributed by atoms with E-state index in [1.807, 2.05) is 6.92 Å². The average molecular weight is 184 g/mol. The molecule has 13 heavy (non-hydrogen) atoms. The molecule has 1 aliphatic heterocycles. The van der Waals surface area contributed by atoms with E-state index in [0.717, 1.165) is 0 Å². The molecule has 0 radical (unpaired) electrons. The van der Waals surface area contributed by atoms with Gasteiger partial charge in [0.25, 0.3) is 0 Å². The van der Waals surface area contributed by atoms with Gasteiger partial charge in [-0.15, -0.1) is 0 Å². The van der Waals surface area contributed by atoms with E-state index in [0.29, 0.717) is 19.5 Å². The lowest BCUT2D eigenvalue weighted by Crippen LogP contribution is -2.44. The molecule has 1 atom stereocenters. The van der Waals surface area contributed by atoms with Crippen molar-refractivity contribution in [3.05, 3.63) is 0 Å². The molecule has 1 saturated heterocycles. The third-order valence-corrected chi connectivity index (χ3v) is 2.43. The molecule has 0 aliphatic carbocycles. The third-order valence-electron chi connectivity index (χ3n) is 2.43. The lowest BCUT2D eigenvalue weighted by Gasteiger charge is -2.29. The van der Waals surface area contributed by atoms with Crippen molar-refractivity contribution < 1.29 is 9.59 Å². The molecule has 1 rings (SSSR count). The van der Waals surface area contributed by atoms with Crippen LogP contribution in [0.25, 0.3) is 0 Å². The van der Waals surface area contributed by atoms with Crippen LogP contribution in [0, 0.1) is 5.92 Å². The van der Waals surface area contributed by atoms with E-state index < -0.39 is 0 Å². The quantitative estimate of drug-likeness (QED) is 0.529. The molecule has 1 aliphatic rings. The van der Waals surface area contributed by atoms with E-state index >= 15 is 0 Å². The Balaban J connectivity index is 2.70. The second kappa shape index (κ2) is 3.77. The van der Waals surface area contributed by atoms with Crippen LogP contribution in [-0.2, 0) is 9.59 Å². The Morgan fingerprint density at radius 2 is 1.85 bits per heavy atom. The number of rotatable bonds is 0. The Bertz CT molecular complexity index is 228. The van der Waals surface area contributed by atoms with Crippen LogP contribution in [0.1, 0.15) is 13.3 Å². The van der Waals surface area contributed by atoms with Gasteiger partial charge in [-0.05, 0) is 0 Å². The fraction of sp³-hybridized carbons (Fsp3) is 0.778. The second-order valence-corrected chi connectivity index (χ2v) is 3.69. The van der Waals surface area contributed by atoms with Gasteiger partial charge in [-0.1, -0.05) is 6.92 Å². The molecule has 1 heterocycles. The number of hydrogen-bond donors (Lipinski definition) is 0. The van der Waals surface area contributed by atoms with Crippen LogP contribution in [0.2, 0.25) is 0 Å². The number of amides is 2. The highest BCUT2D eigenvalue weighted by Gasteiger charge is 2.24. The summed E-state index contributed by atoms with van der Waals surface area (Å²) in [5.74, 6) is 0.157. The summed E-state index contributed by atoms with van der Waals surface area (Å²) in [5, 5.41) is 0. The molecule has 74 valence electrons. The molecule has 1 fully saturated rings. The fourth-order valence-electron chi connectivity index (χ4n) is 1.53. The van der Waals surface area contributed by atoms with Crippen molar-refractivity contribution >= 4 is 11.8 Å². The number of hydrogen-bond acceptors (Lipinski definition) is 2. The highest BCUT2D eigenvalue weighted by molar-refractivity contribution is 5.82. The molecule has 0 aromatic carbocycles. The van der Waals surface area contributed by atoms with Crippen LogP contribution in [0.5, 0.6) is 0 Å². The van der Waals surface area contributed by atoms with Gasteiger partial charge in [0.05, 0.1) is 5.92 Å².